The van der Waals surface area contributed by atoms with Crippen LogP contribution in [0.2, 0.25) is 0 Å². The highest BCUT2D eigenvalue weighted by atomic mass is 79.9. The molecule has 0 radical (unpaired) electrons. The Morgan fingerprint density at radius 3 is 2.67 bits per heavy atom. The van der Waals surface area contributed by atoms with Crippen LogP contribution in [0.15, 0.2) is 27.6 Å². The molecule has 0 fully saturated rings. The van der Waals surface area contributed by atoms with Crippen molar-refractivity contribution in [2.75, 3.05) is 6.54 Å². The fourth-order valence-corrected chi connectivity index (χ4v) is 5.08. The summed E-state index contributed by atoms with van der Waals surface area (Å²) >= 11 is 3.42. The van der Waals surface area contributed by atoms with Gasteiger partial charge in [0.2, 0.25) is 0 Å². The number of halogens is 1. The molecule has 1 N–H and O–H groups in total. The molecule has 2 atom stereocenters. The number of hydrogen-bond acceptors (Lipinski definition) is 3. The van der Waals surface area contributed by atoms with E-state index in [0.29, 0.717) is 11.3 Å². The lowest BCUT2D eigenvalue weighted by atomic mass is 10.0. The highest BCUT2D eigenvalue weighted by Gasteiger charge is 2.43. The molecule has 1 aromatic rings. The van der Waals surface area contributed by atoms with Crippen LogP contribution < -0.4 is 5.32 Å². The van der Waals surface area contributed by atoms with Crippen molar-refractivity contribution in [3.8, 4) is 0 Å². The summed E-state index contributed by atoms with van der Waals surface area (Å²) in [6.45, 7) is 4.85. The molecule has 2 rings (SSSR count). The van der Waals surface area contributed by atoms with Crippen LogP contribution in [0.3, 0.4) is 0 Å². The average Bonchev–Trinajstić information content (AvgIpc) is 2.53. The quantitative estimate of drug-likeness (QED) is 0.922. The maximum absolute atomic E-state index is 12.4. The number of fused-ring (bicyclic) bond motifs is 1. The minimum Gasteiger partial charge on any atom is -0.309 e. The second-order valence-corrected chi connectivity index (χ2v) is 7.66. The van der Waals surface area contributed by atoms with Gasteiger partial charge in [0.15, 0.2) is 9.84 Å². The molecule has 1 aliphatic rings. The van der Waals surface area contributed by atoms with E-state index in [1.807, 2.05) is 13.0 Å². The molecule has 0 saturated carbocycles. The fourth-order valence-electron chi connectivity index (χ4n) is 2.56. The van der Waals surface area contributed by atoms with Crippen LogP contribution in [0.1, 0.15) is 38.3 Å². The third-order valence-corrected chi connectivity index (χ3v) is 6.28. The zero-order valence-electron chi connectivity index (χ0n) is 10.6. The minimum atomic E-state index is -3.18. The summed E-state index contributed by atoms with van der Waals surface area (Å²) in [5.74, 6) is 0. The maximum atomic E-state index is 12.4. The van der Waals surface area contributed by atoms with Crippen LogP contribution in [-0.2, 0) is 9.84 Å². The summed E-state index contributed by atoms with van der Waals surface area (Å²) in [7, 11) is -3.18. The number of rotatable bonds is 4. The summed E-state index contributed by atoms with van der Waals surface area (Å²) in [4.78, 5) is 0.492. The number of sulfone groups is 1. The van der Waals surface area contributed by atoms with Gasteiger partial charge < -0.3 is 5.32 Å². The third-order valence-electron chi connectivity index (χ3n) is 3.40. The van der Waals surface area contributed by atoms with E-state index < -0.39 is 9.84 Å². The van der Waals surface area contributed by atoms with Gasteiger partial charge in [-0.2, -0.15) is 0 Å². The van der Waals surface area contributed by atoms with E-state index in [9.17, 15) is 8.42 Å². The molecule has 0 aromatic heterocycles. The topological polar surface area (TPSA) is 46.2 Å². The maximum Gasteiger partial charge on any atom is 0.183 e. The number of hydrogen-bond donors (Lipinski definition) is 1. The first-order valence-electron chi connectivity index (χ1n) is 6.29. The van der Waals surface area contributed by atoms with Gasteiger partial charge in [-0.3, -0.25) is 0 Å². The van der Waals surface area contributed by atoms with E-state index in [1.54, 1.807) is 12.1 Å². The molecule has 0 aliphatic carbocycles. The summed E-state index contributed by atoms with van der Waals surface area (Å²) in [6, 6.07) is 5.36. The zero-order chi connectivity index (χ0) is 13.3. The first-order valence-corrected chi connectivity index (χ1v) is 8.63. The van der Waals surface area contributed by atoms with Crippen molar-refractivity contribution < 1.29 is 8.42 Å². The largest absolute Gasteiger partial charge is 0.309 e. The van der Waals surface area contributed by atoms with Crippen LogP contribution in [0, 0.1) is 0 Å². The summed E-state index contributed by atoms with van der Waals surface area (Å²) in [6.07, 6.45) is 1.63. The summed E-state index contributed by atoms with van der Waals surface area (Å²) in [5.41, 5.74) is 0.907. The van der Waals surface area contributed by atoms with E-state index in [4.69, 9.17) is 0 Å². The molecule has 18 heavy (non-hydrogen) atoms. The average molecular weight is 332 g/mol. The van der Waals surface area contributed by atoms with Crippen molar-refractivity contribution >= 4 is 25.8 Å². The van der Waals surface area contributed by atoms with Gasteiger partial charge >= 0.3 is 0 Å². The lowest BCUT2D eigenvalue weighted by Crippen LogP contribution is -2.31. The highest BCUT2D eigenvalue weighted by Crippen LogP contribution is 2.41. The van der Waals surface area contributed by atoms with Crippen molar-refractivity contribution in [1.29, 1.82) is 0 Å². The van der Waals surface area contributed by atoms with Crippen LogP contribution in [0.5, 0.6) is 0 Å². The first-order chi connectivity index (χ1) is 8.52. The van der Waals surface area contributed by atoms with Crippen LogP contribution in [-0.4, -0.2) is 20.2 Å². The predicted molar refractivity (Wildman–Crippen MR) is 76.4 cm³/mol. The number of benzene rings is 1. The van der Waals surface area contributed by atoms with E-state index in [1.165, 1.54) is 0 Å². The second-order valence-electron chi connectivity index (χ2n) is 4.61. The Labute approximate surface area is 117 Å². The van der Waals surface area contributed by atoms with E-state index in [0.717, 1.165) is 23.0 Å². The molecule has 2 unspecified atom stereocenters. The first kappa shape index (κ1) is 14.0. The molecule has 1 aliphatic heterocycles. The highest BCUT2D eigenvalue weighted by molar-refractivity contribution is 9.10. The summed E-state index contributed by atoms with van der Waals surface area (Å²) < 4.78 is 25.8. The van der Waals surface area contributed by atoms with Crippen molar-refractivity contribution in [2.24, 2.45) is 0 Å². The molecule has 3 nitrogen and oxygen atoms in total. The van der Waals surface area contributed by atoms with E-state index in [-0.39, 0.29) is 11.3 Å². The predicted octanol–water partition coefficient (Wildman–Crippen LogP) is 3.06. The van der Waals surface area contributed by atoms with Crippen LogP contribution in [0.25, 0.3) is 0 Å². The normalized spacial score (nSPS) is 25.1. The molecule has 5 heteroatoms. The van der Waals surface area contributed by atoms with Crippen LogP contribution >= 0.6 is 15.9 Å². The van der Waals surface area contributed by atoms with Gasteiger partial charge in [0.25, 0.3) is 0 Å². The van der Waals surface area contributed by atoms with Crippen molar-refractivity contribution in [3.63, 3.8) is 0 Å². The Balaban J connectivity index is 2.50. The molecular formula is C13H18BrNO2S. The molecule has 0 amide bonds. The molecule has 1 aromatic carbocycles. The monoisotopic (exact) mass is 331 g/mol. The number of nitrogens with one attached hydrogen (secondary N) is 1. The molecule has 0 spiro atoms. The standard InChI is InChI=1S/C13H18BrNO2S/c1-3-7-15-13-10-8-9(14)5-6-12(10)18(16,17)11(13)4-2/h5-6,8,11,13,15H,3-4,7H2,1-2H3. The van der Waals surface area contributed by atoms with Crippen LogP contribution in [0.4, 0.5) is 0 Å². The van der Waals surface area contributed by atoms with Gasteiger partial charge in [-0.1, -0.05) is 29.8 Å². The van der Waals surface area contributed by atoms with E-state index in [2.05, 4.69) is 28.2 Å². The molecule has 100 valence electrons. The Kier molecular flexibility index (Phi) is 4.14. The fraction of sp³-hybridized carbons (Fsp3) is 0.538. The van der Waals surface area contributed by atoms with Gasteiger partial charge in [0.1, 0.15) is 0 Å². The SMILES string of the molecule is CCCNC1c2cc(Br)ccc2S(=O)(=O)C1CC. The van der Waals surface area contributed by atoms with Crippen molar-refractivity contribution in [1.82, 2.24) is 5.32 Å². The Morgan fingerprint density at radius 2 is 2.06 bits per heavy atom. The van der Waals surface area contributed by atoms with Gasteiger partial charge in [-0.05, 0) is 43.1 Å². The molecule has 0 bridgehead atoms. The third kappa shape index (κ3) is 2.24. The second kappa shape index (κ2) is 5.31. The van der Waals surface area contributed by atoms with Gasteiger partial charge in [0, 0.05) is 4.47 Å². The van der Waals surface area contributed by atoms with E-state index >= 15 is 0 Å². The van der Waals surface area contributed by atoms with Gasteiger partial charge in [0.05, 0.1) is 16.2 Å². The lowest BCUT2D eigenvalue weighted by molar-refractivity contribution is 0.492. The van der Waals surface area contributed by atoms with Gasteiger partial charge in [-0.25, -0.2) is 8.42 Å². The Morgan fingerprint density at radius 1 is 1.33 bits per heavy atom. The molecule has 0 saturated heterocycles. The van der Waals surface area contributed by atoms with Crippen molar-refractivity contribution in [2.45, 2.75) is 42.9 Å². The lowest BCUT2D eigenvalue weighted by Gasteiger charge is -2.19. The molecular weight excluding hydrogens is 314 g/mol. The molecule has 1 heterocycles. The Hall–Kier alpha value is -0.390. The van der Waals surface area contributed by atoms with Crippen molar-refractivity contribution in [3.05, 3.63) is 28.2 Å². The Bertz CT molecular complexity index is 542. The summed E-state index contributed by atoms with van der Waals surface area (Å²) in [5, 5.41) is 3.03. The smallest absolute Gasteiger partial charge is 0.183 e. The zero-order valence-corrected chi connectivity index (χ0v) is 13.0. The minimum absolute atomic E-state index is 0.0764. The van der Waals surface area contributed by atoms with Gasteiger partial charge in [-0.15, -0.1) is 0 Å².